The molecule has 1 N–H and O–H groups in total. The van der Waals surface area contributed by atoms with Crippen LogP contribution in [0.15, 0.2) is 40.3 Å². The summed E-state index contributed by atoms with van der Waals surface area (Å²) in [5, 5.41) is 4.88. The van der Waals surface area contributed by atoms with Crippen molar-refractivity contribution < 1.29 is 14.0 Å². The normalized spacial score (nSPS) is 17.9. The van der Waals surface area contributed by atoms with E-state index < -0.39 is 6.04 Å². The van der Waals surface area contributed by atoms with Crippen molar-refractivity contribution in [2.75, 3.05) is 6.54 Å². The third-order valence-corrected chi connectivity index (χ3v) is 4.44. The van der Waals surface area contributed by atoms with Gasteiger partial charge in [0.25, 0.3) is 5.91 Å². The zero-order chi connectivity index (χ0) is 14.7. The van der Waals surface area contributed by atoms with Crippen molar-refractivity contribution in [3.05, 3.63) is 46.5 Å². The van der Waals surface area contributed by atoms with Crippen molar-refractivity contribution in [2.24, 2.45) is 0 Å². The third-order valence-electron chi connectivity index (χ3n) is 3.57. The minimum absolute atomic E-state index is 0.0965. The predicted octanol–water partition coefficient (Wildman–Crippen LogP) is 2.26. The summed E-state index contributed by atoms with van der Waals surface area (Å²) in [6.45, 7) is 1.10. The molecule has 0 aromatic carbocycles. The van der Waals surface area contributed by atoms with Gasteiger partial charge in [0.1, 0.15) is 6.04 Å². The molecule has 1 atom stereocenters. The molecule has 1 fully saturated rings. The minimum atomic E-state index is -0.400. The largest absolute Gasteiger partial charge is 0.459 e. The zero-order valence-electron chi connectivity index (χ0n) is 11.5. The smallest absolute Gasteiger partial charge is 0.290 e. The maximum absolute atomic E-state index is 12.3. The molecule has 0 spiro atoms. The first-order chi connectivity index (χ1) is 10.3. The second-order valence-electron chi connectivity index (χ2n) is 4.93. The molecule has 1 unspecified atom stereocenters. The van der Waals surface area contributed by atoms with Gasteiger partial charge in [0.05, 0.1) is 12.8 Å². The molecule has 2 amide bonds. The number of thiophene rings is 1. The summed E-state index contributed by atoms with van der Waals surface area (Å²) in [6, 6.07) is 6.83. The van der Waals surface area contributed by atoms with Crippen LogP contribution in [0.2, 0.25) is 0 Å². The molecule has 3 heterocycles. The van der Waals surface area contributed by atoms with Crippen LogP contribution in [-0.4, -0.2) is 29.3 Å². The van der Waals surface area contributed by atoms with Crippen LogP contribution < -0.4 is 5.32 Å². The quantitative estimate of drug-likeness (QED) is 0.942. The van der Waals surface area contributed by atoms with Crippen LogP contribution >= 0.6 is 11.3 Å². The lowest BCUT2D eigenvalue weighted by atomic mass is 10.2. The highest BCUT2D eigenvalue weighted by atomic mass is 32.1. The summed E-state index contributed by atoms with van der Waals surface area (Å²) < 4.78 is 5.13. The second kappa shape index (κ2) is 6.13. The van der Waals surface area contributed by atoms with Crippen molar-refractivity contribution in [3.63, 3.8) is 0 Å². The van der Waals surface area contributed by atoms with Gasteiger partial charge in [0, 0.05) is 11.4 Å². The van der Waals surface area contributed by atoms with Gasteiger partial charge in [-0.05, 0) is 36.4 Å². The van der Waals surface area contributed by atoms with Gasteiger partial charge in [-0.15, -0.1) is 11.3 Å². The Hall–Kier alpha value is -2.08. The van der Waals surface area contributed by atoms with Crippen molar-refractivity contribution in [2.45, 2.75) is 25.4 Å². The number of carbonyl (C=O) groups is 2. The second-order valence-corrected chi connectivity index (χ2v) is 5.96. The Labute approximate surface area is 126 Å². The number of furan rings is 1. The van der Waals surface area contributed by atoms with Crippen LogP contribution in [0.4, 0.5) is 0 Å². The Morgan fingerprint density at radius 3 is 3.00 bits per heavy atom. The van der Waals surface area contributed by atoms with Crippen LogP contribution in [0.1, 0.15) is 28.3 Å². The summed E-state index contributed by atoms with van der Waals surface area (Å²) >= 11 is 1.60. The van der Waals surface area contributed by atoms with Gasteiger partial charge in [-0.2, -0.15) is 0 Å². The molecule has 0 aliphatic carbocycles. The monoisotopic (exact) mass is 304 g/mol. The van der Waals surface area contributed by atoms with Crippen LogP contribution in [0.25, 0.3) is 0 Å². The van der Waals surface area contributed by atoms with Crippen LogP contribution in [-0.2, 0) is 11.3 Å². The zero-order valence-corrected chi connectivity index (χ0v) is 12.3. The Bertz CT molecular complexity index is 607. The summed E-state index contributed by atoms with van der Waals surface area (Å²) in [7, 11) is 0. The maximum Gasteiger partial charge on any atom is 0.290 e. The summed E-state index contributed by atoms with van der Waals surface area (Å²) in [5.74, 6) is -0.0254. The van der Waals surface area contributed by atoms with E-state index in [-0.39, 0.29) is 17.6 Å². The predicted molar refractivity (Wildman–Crippen MR) is 78.9 cm³/mol. The molecule has 110 valence electrons. The third kappa shape index (κ3) is 3.00. The molecule has 6 heteroatoms. The van der Waals surface area contributed by atoms with Gasteiger partial charge in [-0.1, -0.05) is 6.07 Å². The van der Waals surface area contributed by atoms with E-state index in [1.807, 2.05) is 17.5 Å². The standard InChI is InChI=1S/C15H16N2O3S/c18-14(16-10-11-4-3-9-21-11)12-5-1-7-17(12)15(19)13-6-2-8-20-13/h2-4,6,8-9,12H,1,5,7,10H2,(H,16,18). The van der Waals surface area contributed by atoms with Gasteiger partial charge >= 0.3 is 0 Å². The van der Waals surface area contributed by atoms with Crippen LogP contribution in [0, 0.1) is 0 Å². The molecular formula is C15H16N2O3S. The number of likely N-dealkylation sites (tertiary alicyclic amines) is 1. The fourth-order valence-corrected chi connectivity index (χ4v) is 3.17. The van der Waals surface area contributed by atoms with Gasteiger partial charge in [-0.25, -0.2) is 0 Å². The number of hydrogen-bond acceptors (Lipinski definition) is 4. The first kappa shape index (κ1) is 13.9. The van der Waals surface area contributed by atoms with Crippen LogP contribution in [0.3, 0.4) is 0 Å². The number of carbonyl (C=O) groups excluding carboxylic acids is 2. The fourth-order valence-electron chi connectivity index (χ4n) is 2.53. The molecule has 1 aliphatic heterocycles. The number of nitrogens with one attached hydrogen (secondary N) is 1. The molecule has 2 aromatic rings. The molecule has 21 heavy (non-hydrogen) atoms. The Morgan fingerprint density at radius 1 is 1.38 bits per heavy atom. The Kier molecular flexibility index (Phi) is 4.06. The van der Waals surface area contributed by atoms with Crippen molar-refractivity contribution in [1.29, 1.82) is 0 Å². The lowest BCUT2D eigenvalue weighted by Crippen LogP contribution is -2.45. The number of rotatable bonds is 4. The average Bonchev–Trinajstić information content (AvgIpc) is 3.26. The topological polar surface area (TPSA) is 62.6 Å². The number of nitrogens with zero attached hydrogens (tertiary/aromatic N) is 1. The average molecular weight is 304 g/mol. The number of hydrogen-bond donors (Lipinski definition) is 1. The number of amides is 2. The van der Waals surface area contributed by atoms with Crippen molar-refractivity contribution >= 4 is 23.2 Å². The van der Waals surface area contributed by atoms with Crippen molar-refractivity contribution in [1.82, 2.24) is 10.2 Å². The highest BCUT2D eigenvalue weighted by Crippen LogP contribution is 2.21. The van der Waals surface area contributed by atoms with Crippen molar-refractivity contribution in [3.8, 4) is 0 Å². The summed E-state index contributed by atoms with van der Waals surface area (Å²) in [4.78, 5) is 27.3. The molecule has 3 rings (SSSR count). The Balaban J connectivity index is 1.63. The highest BCUT2D eigenvalue weighted by molar-refractivity contribution is 7.09. The SMILES string of the molecule is O=C(NCc1cccs1)C1CCCN1C(=O)c1ccco1. The Morgan fingerprint density at radius 2 is 2.29 bits per heavy atom. The lowest BCUT2D eigenvalue weighted by molar-refractivity contribution is -0.125. The fraction of sp³-hybridized carbons (Fsp3) is 0.333. The minimum Gasteiger partial charge on any atom is -0.459 e. The van der Waals surface area contributed by atoms with E-state index in [0.717, 1.165) is 11.3 Å². The molecule has 0 radical (unpaired) electrons. The van der Waals surface area contributed by atoms with Gasteiger partial charge in [0.2, 0.25) is 5.91 Å². The molecular weight excluding hydrogens is 288 g/mol. The van der Waals surface area contributed by atoms with E-state index >= 15 is 0 Å². The van der Waals surface area contributed by atoms with Gasteiger partial charge < -0.3 is 14.6 Å². The molecule has 0 bridgehead atoms. The van der Waals surface area contributed by atoms with E-state index in [1.54, 1.807) is 28.4 Å². The summed E-state index contributed by atoms with van der Waals surface area (Å²) in [6.07, 6.45) is 3.00. The molecule has 5 nitrogen and oxygen atoms in total. The lowest BCUT2D eigenvalue weighted by Gasteiger charge is -2.22. The van der Waals surface area contributed by atoms with E-state index in [4.69, 9.17) is 4.42 Å². The summed E-state index contributed by atoms with van der Waals surface area (Å²) in [5.41, 5.74) is 0. The molecule has 1 aliphatic rings. The maximum atomic E-state index is 12.3. The first-order valence-electron chi connectivity index (χ1n) is 6.90. The van der Waals surface area contributed by atoms with Gasteiger partial charge in [-0.3, -0.25) is 9.59 Å². The molecule has 0 saturated carbocycles. The van der Waals surface area contributed by atoms with E-state index in [9.17, 15) is 9.59 Å². The highest BCUT2D eigenvalue weighted by Gasteiger charge is 2.35. The van der Waals surface area contributed by atoms with Gasteiger partial charge in [0.15, 0.2) is 5.76 Å². The van der Waals surface area contributed by atoms with Crippen LogP contribution in [0.5, 0.6) is 0 Å². The van der Waals surface area contributed by atoms with E-state index in [1.165, 1.54) is 6.26 Å². The first-order valence-corrected chi connectivity index (χ1v) is 7.78. The van der Waals surface area contributed by atoms with E-state index in [2.05, 4.69) is 5.32 Å². The molecule has 1 saturated heterocycles. The van der Waals surface area contributed by atoms with E-state index in [0.29, 0.717) is 19.5 Å². The molecule has 2 aromatic heterocycles.